The van der Waals surface area contributed by atoms with Gasteiger partial charge in [-0.05, 0) is 22.6 Å². The van der Waals surface area contributed by atoms with Crippen molar-refractivity contribution >= 4 is 23.2 Å². The first-order valence-electron chi connectivity index (χ1n) is 4.55. The summed E-state index contributed by atoms with van der Waals surface area (Å²) in [6.45, 7) is 1.60. The molecule has 0 aliphatic rings. The van der Waals surface area contributed by atoms with E-state index in [9.17, 15) is 5.21 Å². The number of aromatic nitrogens is 2. The minimum absolute atomic E-state index is 0.334. The monoisotopic (exact) mass is 258 g/mol. The van der Waals surface area contributed by atoms with E-state index in [1.807, 2.05) is 0 Å². The van der Waals surface area contributed by atoms with Gasteiger partial charge >= 0.3 is 0 Å². The van der Waals surface area contributed by atoms with Crippen LogP contribution in [0.1, 0.15) is 22.3 Å². The van der Waals surface area contributed by atoms with Crippen LogP contribution in [0.2, 0.25) is 5.02 Å². The van der Waals surface area contributed by atoms with Gasteiger partial charge < -0.3 is 5.21 Å². The first kappa shape index (κ1) is 11.2. The molecule has 1 aromatic carbocycles. The predicted molar refractivity (Wildman–Crippen MR) is 59.3 cm³/mol. The second kappa shape index (κ2) is 4.31. The third-order valence-electron chi connectivity index (χ3n) is 2.26. The van der Waals surface area contributed by atoms with E-state index in [1.54, 1.807) is 31.2 Å². The van der Waals surface area contributed by atoms with E-state index in [1.165, 1.54) is 0 Å². The molecular formula is C10H8Cl2N2O2. The summed E-state index contributed by atoms with van der Waals surface area (Å²) in [4.78, 5) is 0.334. The van der Waals surface area contributed by atoms with Gasteiger partial charge in [-0.1, -0.05) is 23.7 Å². The summed E-state index contributed by atoms with van der Waals surface area (Å²) >= 11 is 12.0. The lowest BCUT2D eigenvalue weighted by Crippen LogP contribution is -2.26. The molecule has 0 saturated heterocycles. The van der Waals surface area contributed by atoms with E-state index < -0.39 is 5.38 Å². The lowest BCUT2D eigenvalue weighted by atomic mass is 10.1. The number of benzene rings is 1. The Kier molecular flexibility index (Phi) is 3.03. The van der Waals surface area contributed by atoms with Gasteiger partial charge in [-0.2, -0.15) is 0 Å². The zero-order valence-electron chi connectivity index (χ0n) is 8.35. The van der Waals surface area contributed by atoms with Crippen LogP contribution in [0.25, 0.3) is 0 Å². The van der Waals surface area contributed by atoms with Crippen molar-refractivity contribution in [3.05, 3.63) is 51.4 Å². The summed E-state index contributed by atoms with van der Waals surface area (Å²) in [7, 11) is 0. The van der Waals surface area contributed by atoms with Gasteiger partial charge in [-0.3, -0.25) is 4.63 Å². The Hall–Kier alpha value is -1.26. The molecule has 2 aromatic rings. The minimum Gasteiger partial charge on any atom is -0.359 e. The van der Waals surface area contributed by atoms with Gasteiger partial charge in [0.2, 0.25) is 5.69 Å². The Morgan fingerprint density at radius 1 is 1.38 bits per heavy atom. The third-order valence-corrected chi connectivity index (χ3v) is 2.97. The summed E-state index contributed by atoms with van der Waals surface area (Å²) in [5.41, 5.74) is 1.58. The lowest BCUT2D eigenvalue weighted by molar-refractivity contribution is -0.806. The molecule has 1 unspecified atom stereocenters. The summed E-state index contributed by atoms with van der Waals surface area (Å²) in [5, 5.41) is 14.8. The number of rotatable bonds is 2. The standard InChI is InChI=1S/C10H8Cl2N2O2/c1-6-10(13-16-14(6)15)9(12)7-2-4-8(11)5-3-7/h2-5,9H,1H3. The minimum atomic E-state index is -0.517. The molecule has 0 aliphatic heterocycles. The molecule has 0 spiro atoms. The number of hydrogen-bond acceptors (Lipinski definition) is 3. The van der Waals surface area contributed by atoms with Crippen molar-refractivity contribution in [2.24, 2.45) is 0 Å². The third kappa shape index (κ3) is 1.99. The maximum absolute atomic E-state index is 11.0. The van der Waals surface area contributed by atoms with Crippen molar-refractivity contribution in [3.63, 3.8) is 0 Å². The Balaban J connectivity index is 2.35. The van der Waals surface area contributed by atoms with Crippen LogP contribution >= 0.6 is 23.2 Å². The summed E-state index contributed by atoms with van der Waals surface area (Å²) in [5.74, 6) is 0. The topological polar surface area (TPSA) is 53.0 Å². The number of hydrogen-bond donors (Lipinski definition) is 0. The average Bonchev–Trinajstić information content (AvgIpc) is 2.60. The van der Waals surface area contributed by atoms with Crippen molar-refractivity contribution in [1.29, 1.82) is 0 Å². The number of halogens is 2. The fraction of sp³-hybridized carbons (Fsp3) is 0.200. The van der Waals surface area contributed by atoms with Crippen LogP contribution < -0.4 is 4.90 Å². The highest BCUT2D eigenvalue weighted by atomic mass is 35.5. The first-order valence-corrected chi connectivity index (χ1v) is 5.37. The van der Waals surface area contributed by atoms with Crippen molar-refractivity contribution in [1.82, 2.24) is 5.16 Å². The fourth-order valence-electron chi connectivity index (χ4n) is 1.32. The van der Waals surface area contributed by atoms with E-state index in [0.29, 0.717) is 21.3 Å². The highest BCUT2D eigenvalue weighted by molar-refractivity contribution is 6.30. The molecule has 2 rings (SSSR count). The second-order valence-corrected chi connectivity index (χ2v) is 4.19. The Morgan fingerprint density at radius 3 is 2.50 bits per heavy atom. The molecule has 16 heavy (non-hydrogen) atoms. The maximum Gasteiger partial charge on any atom is 0.243 e. The smallest absolute Gasteiger partial charge is 0.243 e. The Morgan fingerprint density at radius 2 is 2.00 bits per heavy atom. The molecule has 1 heterocycles. The quantitative estimate of drug-likeness (QED) is 0.615. The molecule has 6 heteroatoms. The fourth-order valence-corrected chi connectivity index (χ4v) is 1.79. The van der Waals surface area contributed by atoms with Gasteiger partial charge in [0, 0.05) is 17.1 Å². The molecule has 0 N–H and O–H groups in total. The molecule has 84 valence electrons. The summed E-state index contributed by atoms with van der Waals surface area (Å²) in [6.07, 6.45) is 0. The van der Waals surface area contributed by atoms with E-state index in [0.717, 1.165) is 5.56 Å². The molecule has 0 aliphatic carbocycles. The van der Waals surface area contributed by atoms with Crippen LogP contribution in [0, 0.1) is 12.1 Å². The maximum atomic E-state index is 11.0. The van der Waals surface area contributed by atoms with Crippen LogP contribution in [0.5, 0.6) is 0 Å². The summed E-state index contributed by atoms with van der Waals surface area (Å²) in [6, 6.07) is 7.02. The van der Waals surface area contributed by atoms with Gasteiger partial charge in [0.25, 0.3) is 0 Å². The molecule has 0 fully saturated rings. The normalized spacial score (nSPS) is 12.7. The lowest BCUT2D eigenvalue weighted by Gasteiger charge is -2.03. The zero-order valence-corrected chi connectivity index (χ0v) is 9.87. The molecule has 4 nitrogen and oxygen atoms in total. The Labute approximate surface area is 102 Å². The van der Waals surface area contributed by atoms with E-state index in [4.69, 9.17) is 23.2 Å². The number of nitrogens with zero attached hydrogens (tertiary/aromatic N) is 2. The predicted octanol–water partition coefficient (Wildman–Crippen LogP) is 2.60. The van der Waals surface area contributed by atoms with E-state index >= 15 is 0 Å². The Bertz CT molecular complexity index is 496. The van der Waals surface area contributed by atoms with Crippen LogP contribution in [0.4, 0.5) is 0 Å². The molecule has 1 atom stereocenters. The average molecular weight is 259 g/mol. The van der Waals surface area contributed by atoms with Crippen molar-refractivity contribution in [2.45, 2.75) is 12.3 Å². The molecule has 0 radical (unpaired) electrons. The van der Waals surface area contributed by atoms with Gasteiger partial charge in [-0.25, -0.2) is 0 Å². The number of alkyl halides is 1. The molecule has 0 amide bonds. The van der Waals surface area contributed by atoms with Crippen LogP contribution in [0.3, 0.4) is 0 Å². The molecule has 0 saturated carbocycles. The first-order chi connectivity index (χ1) is 7.59. The highest BCUT2D eigenvalue weighted by Gasteiger charge is 2.24. The van der Waals surface area contributed by atoms with Crippen molar-refractivity contribution in [3.8, 4) is 0 Å². The SMILES string of the molecule is Cc1c(C(Cl)c2ccc(Cl)cc2)no[n+]1[O-]. The highest BCUT2D eigenvalue weighted by Crippen LogP contribution is 2.29. The molecule has 0 bridgehead atoms. The molecular weight excluding hydrogens is 251 g/mol. The van der Waals surface area contributed by atoms with Crippen LogP contribution in [0.15, 0.2) is 28.9 Å². The van der Waals surface area contributed by atoms with Gasteiger partial charge in [0.05, 0.1) is 0 Å². The largest absolute Gasteiger partial charge is 0.359 e. The van der Waals surface area contributed by atoms with Crippen LogP contribution in [-0.4, -0.2) is 5.16 Å². The van der Waals surface area contributed by atoms with Gasteiger partial charge in [-0.15, -0.1) is 11.6 Å². The summed E-state index contributed by atoms with van der Waals surface area (Å²) < 4.78 is 4.46. The second-order valence-electron chi connectivity index (χ2n) is 3.31. The van der Waals surface area contributed by atoms with Gasteiger partial charge in [0.1, 0.15) is 5.38 Å². The van der Waals surface area contributed by atoms with Crippen molar-refractivity contribution in [2.75, 3.05) is 0 Å². The zero-order chi connectivity index (χ0) is 11.7. The van der Waals surface area contributed by atoms with Gasteiger partial charge in [0.15, 0.2) is 5.69 Å². The molecule has 1 aromatic heterocycles. The van der Waals surface area contributed by atoms with E-state index in [2.05, 4.69) is 9.79 Å². The van der Waals surface area contributed by atoms with Crippen molar-refractivity contribution < 1.29 is 9.53 Å². The van der Waals surface area contributed by atoms with E-state index in [-0.39, 0.29) is 0 Å². The van der Waals surface area contributed by atoms with Crippen LogP contribution in [-0.2, 0) is 0 Å².